The van der Waals surface area contributed by atoms with E-state index < -0.39 is 0 Å². The molecule has 0 bridgehead atoms. The van der Waals surface area contributed by atoms with E-state index in [4.69, 9.17) is 0 Å². The number of hydrogen-bond donors (Lipinski definition) is 0. The lowest BCUT2D eigenvalue weighted by Crippen LogP contribution is -2.37. The van der Waals surface area contributed by atoms with Gasteiger partial charge in [0.15, 0.2) is 0 Å². The van der Waals surface area contributed by atoms with E-state index in [1.807, 2.05) is 13.8 Å². The normalized spacial score (nSPS) is 10.4. The summed E-state index contributed by atoms with van der Waals surface area (Å²) in [6.07, 6.45) is 0.754. The number of carbonyl (C=O) groups is 2. The Morgan fingerprint density at radius 2 is 1.68 bits per heavy atom. The molecule has 0 saturated heterocycles. The zero-order chi connectivity index (χ0) is 16.5. The maximum Gasteiger partial charge on any atom is 0.224 e. The molecule has 2 amide bonds. The minimum absolute atomic E-state index is 0.0436. The van der Waals surface area contributed by atoms with Crippen molar-refractivity contribution in [2.75, 3.05) is 26.2 Å². The minimum Gasteiger partial charge on any atom is -0.343 e. The van der Waals surface area contributed by atoms with Crippen LogP contribution in [0.5, 0.6) is 0 Å². The third-order valence-corrected chi connectivity index (χ3v) is 3.77. The van der Waals surface area contributed by atoms with Gasteiger partial charge in [-0.25, -0.2) is 4.39 Å². The second-order valence-electron chi connectivity index (χ2n) is 5.16. The number of nitrogens with zero attached hydrogens (tertiary/aromatic N) is 2. The average Bonchev–Trinajstić information content (AvgIpc) is 2.49. The topological polar surface area (TPSA) is 40.6 Å². The fourth-order valence-corrected chi connectivity index (χ4v) is 2.35. The van der Waals surface area contributed by atoms with Crippen molar-refractivity contribution in [3.8, 4) is 0 Å². The van der Waals surface area contributed by atoms with E-state index in [9.17, 15) is 14.0 Å². The second-order valence-corrected chi connectivity index (χ2v) is 5.16. The van der Waals surface area contributed by atoms with Crippen molar-refractivity contribution in [3.63, 3.8) is 0 Å². The Balaban J connectivity index is 2.54. The van der Waals surface area contributed by atoms with Crippen LogP contribution in [-0.4, -0.2) is 47.8 Å². The van der Waals surface area contributed by atoms with E-state index in [1.165, 1.54) is 13.0 Å². The van der Waals surface area contributed by atoms with Crippen LogP contribution in [0, 0.1) is 5.82 Å². The molecule has 0 saturated carbocycles. The third-order valence-electron chi connectivity index (χ3n) is 3.77. The van der Waals surface area contributed by atoms with Gasteiger partial charge in [0.2, 0.25) is 11.8 Å². The van der Waals surface area contributed by atoms with Gasteiger partial charge in [-0.3, -0.25) is 9.59 Å². The summed E-state index contributed by atoms with van der Waals surface area (Å²) >= 11 is 0. The third kappa shape index (κ3) is 5.47. The maximum absolute atomic E-state index is 13.6. The lowest BCUT2D eigenvalue weighted by Gasteiger charge is -2.24. The van der Waals surface area contributed by atoms with Gasteiger partial charge >= 0.3 is 0 Å². The summed E-state index contributed by atoms with van der Waals surface area (Å²) in [5, 5.41) is 0. The van der Waals surface area contributed by atoms with Gasteiger partial charge in [0.1, 0.15) is 5.82 Å². The summed E-state index contributed by atoms with van der Waals surface area (Å²) < 4.78 is 13.6. The maximum atomic E-state index is 13.6. The molecular weight excluding hydrogens is 283 g/mol. The van der Waals surface area contributed by atoms with E-state index >= 15 is 0 Å². The van der Waals surface area contributed by atoms with Crippen LogP contribution in [0.15, 0.2) is 24.3 Å². The van der Waals surface area contributed by atoms with Gasteiger partial charge in [-0.15, -0.1) is 0 Å². The first kappa shape index (κ1) is 18.1. The number of halogens is 1. The molecular formula is C17H25FN2O2. The van der Waals surface area contributed by atoms with Crippen LogP contribution in [-0.2, 0) is 16.0 Å². The zero-order valence-electron chi connectivity index (χ0n) is 13.6. The fraction of sp³-hybridized carbons (Fsp3) is 0.529. The van der Waals surface area contributed by atoms with Crippen LogP contribution >= 0.6 is 0 Å². The van der Waals surface area contributed by atoms with Crippen molar-refractivity contribution >= 4 is 11.8 Å². The fourth-order valence-electron chi connectivity index (χ4n) is 2.35. The lowest BCUT2D eigenvalue weighted by atomic mass is 10.1. The molecule has 0 heterocycles. The molecule has 0 spiro atoms. The van der Waals surface area contributed by atoms with E-state index in [0.29, 0.717) is 44.6 Å². The highest BCUT2D eigenvalue weighted by Crippen LogP contribution is 2.08. The van der Waals surface area contributed by atoms with Gasteiger partial charge < -0.3 is 9.80 Å². The van der Waals surface area contributed by atoms with E-state index in [2.05, 4.69) is 0 Å². The smallest absolute Gasteiger partial charge is 0.224 e. The first-order chi connectivity index (χ1) is 10.5. The van der Waals surface area contributed by atoms with Crippen LogP contribution in [0.4, 0.5) is 4.39 Å². The monoisotopic (exact) mass is 308 g/mol. The van der Waals surface area contributed by atoms with Gasteiger partial charge in [-0.2, -0.15) is 0 Å². The second kappa shape index (κ2) is 9.18. The van der Waals surface area contributed by atoms with E-state index in [1.54, 1.807) is 28.0 Å². The molecule has 0 aliphatic rings. The van der Waals surface area contributed by atoms with Crippen LogP contribution in [0.3, 0.4) is 0 Å². The van der Waals surface area contributed by atoms with Crippen molar-refractivity contribution in [3.05, 3.63) is 35.6 Å². The Hall–Kier alpha value is -1.91. The Morgan fingerprint density at radius 3 is 2.23 bits per heavy atom. The molecule has 0 atom stereocenters. The molecule has 1 aromatic carbocycles. The SMILES string of the molecule is CCN(CC)C(=O)CCN(CCc1ccccc1F)C(C)=O. The summed E-state index contributed by atoms with van der Waals surface area (Å²) in [7, 11) is 0. The lowest BCUT2D eigenvalue weighted by molar-refractivity contribution is -0.133. The molecule has 5 heteroatoms. The molecule has 22 heavy (non-hydrogen) atoms. The zero-order valence-corrected chi connectivity index (χ0v) is 13.6. The first-order valence-corrected chi connectivity index (χ1v) is 7.76. The van der Waals surface area contributed by atoms with Gasteiger partial charge in [0.25, 0.3) is 0 Å². The Labute approximate surface area is 131 Å². The molecule has 0 unspecified atom stereocenters. The van der Waals surface area contributed by atoms with Crippen LogP contribution in [0.2, 0.25) is 0 Å². The van der Waals surface area contributed by atoms with Crippen molar-refractivity contribution in [1.29, 1.82) is 0 Å². The van der Waals surface area contributed by atoms with E-state index in [-0.39, 0.29) is 17.6 Å². The molecule has 0 radical (unpaired) electrons. The number of amides is 2. The molecule has 0 N–H and O–H groups in total. The number of carbonyl (C=O) groups excluding carboxylic acids is 2. The van der Waals surface area contributed by atoms with Gasteiger partial charge in [-0.1, -0.05) is 18.2 Å². The molecule has 4 nitrogen and oxygen atoms in total. The average molecular weight is 308 g/mol. The van der Waals surface area contributed by atoms with Gasteiger partial charge in [-0.05, 0) is 31.9 Å². The highest BCUT2D eigenvalue weighted by atomic mass is 19.1. The first-order valence-electron chi connectivity index (χ1n) is 7.76. The summed E-state index contributed by atoms with van der Waals surface area (Å²) in [6.45, 7) is 7.48. The highest BCUT2D eigenvalue weighted by Gasteiger charge is 2.14. The molecule has 1 aromatic rings. The Bertz CT molecular complexity index is 501. The largest absolute Gasteiger partial charge is 0.343 e. The molecule has 0 aliphatic heterocycles. The summed E-state index contributed by atoms with van der Waals surface area (Å²) in [4.78, 5) is 27.0. The summed E-state index contributed by atoms with van der Waals surface area (Å²) in [5.41, 5.74) is 0.587. The predicted octanol–water partition coefficient (Wildman–Crippen LogP) is 2.48. The Kier molecular flexibility index (Phi) is 7.57. The quantitative estimate of drug-likeness (QED) is 0.740. The van der Waals surface area contributed by atoms with Crippen LogP contribution in [0.1, 0.15) is 32.8 Å². The Morgan fingerprint density at radius 1 is 1.05 bits per heavy atom. The van der Waals surface area contributed by atoms with Crippen molar-refractivity contribution in [1.82, 2.24) is 9.80 Å². The molecule has 122 valence electrons. The van der Waals surface area contributed by atoms with Crippen molar-refractivity contribution < 1.29 is 14.0 Å². The molecule has 0 aromatic heterocycles. The molecule has 0 fully saturated rings. The standard InChI is InChI=1S/C17H25FN2O2/c1-4-19(5-2)17(22)11-13-20(14(3)21)12-10-15-8-6-7-9-16(15)18/h6-9H,4-5,10-13H2,1-3H3. The summed E-state index contributed by atoms with van der Waals surface area (Å²) in [5.74, 6) is -0.309. The molecule has 0 aliphatic carbocycles. The number of rotatable bonds is 8. The minimum atomic E-state index is -0.259. The van der Waals surface area contributed by atoms with E-state index in [0.717, 1.165) is 0 Å². The van der Waals surface area contributed by atoms with Crippen molar-refractivity contribution in [2.45, 2.75) is 33.6 Å². The predicted molar refractivity (Wildman–Crippen MR) is 84.9 cm³/mol. The van der Waals surface area contributed by atoms with Crippen LogP contribution in [0.25, 0.3) is 0 Å². The molecule has 1 rings (SSSR count). The van der Waals surface area contributed by atoms with Gasteiger partial charge in [0.05, 0.1) is 0 Å². The van der Waals surface area contributed by atoms with Gasteiger partial charge in [0, 0.05) is 39.5 Å². The summed E-state index contributed by atoms with van der Waals surface area (Å²) in [6, 6.07) is 6.55. The van der Waals surface area contributed by atoms with Crippen molar-refractivity contribution in [2.24, 2.45) is 0 Å². The number of benzene rings is 1. The highest BCUT2D eigenvalue weighted by molar-refractivity contribution is 5.78. The van der Waals surface area contributed by atoms with Crippen LogP contribution < -0.4 is 0 Å². The number of hydrogen-bond acceptors (Lipinski definition) is 2.